The van der Waals surface area contributed by atoms with Crippen molar-refractivity contribution >= 4 is 11.7 Å². The van der Waals surface area contributed by atoms with Gasteiger partial charge in [0, 0.05) is 6.54 Å². The average Bonchev–Trinajstić information content (AvgIpc) is 3.04. The van der Waals surface area contributed by atoms with Gasteiger partial charge in [-0.25, -0.2) is 0 Å². The fourth-order valence-electron chi connectivity index (χ4n) is 3.21. The van der Waals surface area contributed by atoms with Gasteiger partial charge in [0.05, 0.1) is 19.7 Å². The highest BCUT2D eigenvalue weighted by molar-refractivity contribution is 6.02. The fraction of sp³-hybridized carbons (Fsp3) is 0.579. The van der Waals surface area contributed by atoms with Gasteiger partial charge in [0.25, 0.3) is 5.91 Å². The number of aliphatic imine (C=N–C) groups is 1. The van der Waals surface area contributed by atoms with E-state index in [-0.39, 0.29) is 5.91 Å². The molecule has 0 radical (unpaired) electrons. The number of amidine groups is 1. The Morgan fingerprint density at radius 1 is 1.24 bits per heavy atom. The van der Waals surface area contributed by atoms with Gasteiger partial charge in [0.1, 0.15) is 11.6 Å². The Labute approximate surface area is 149 Å². The molecule has 2 heterocycles. The molecule has 0 atom stereocenters. The predicted octanol–water partition coefficient (Wildman–Crippen LogP) is 1.56. The molecule has 0 aromatic heterocycles. The van der Waals surface area contributed by atoms with Crippen molar-refractivity contribution in [3.05, 3.63) is 29.8 Å². The minimum absolute atomic E-state index is 0.0930. The summed E-state index contributed by atoms with van der Waals surface area (Å²) in [5, 5.41) is 6.23. The Morgan fingerprint density at radius 3 is 2.92 bits per heavy atom. The monoisotopic (exact) mass is 344 g/mol. The lowest BCUT2D eigenvalue weighted by atomic mass is 10.1. The van der Waals surface area contributed by atoms with Crippen LogP contribution in [0.4, 0.5) is 0 Å². The molecular weight excluding hydrogens is 316 g/mol. The van der Waals surface area contributed by atoms with E-state index in [4.69, 9.17) is 4.74 Å². The number of hydrogen-bond donors (Lipinski definition) is 2. The summed E-state index contributed by atoms with van der Waals surface area (Å²) in [5.41, 5.74) is 1.33. The number of rotatable bonds is 9. The summed E-state index contributed by atoms with van der Waals surface area (Å²) in [6.45, 7) is 5.89. The largest absolute Gasteiger partial charge is 0.494 e. The van der Waals surface area contributed by atoms with Crippen LogP contribution in [0.15, 0.2) is 29.3 Å². The zero-order chi connectivity index (χ0) is 17.3. The Bertz CT molecular complexity index is 597. The van der Waals surface area contributed by atoms with E-state index >= 15 is 0 Å². The number of carbonyl (C=O) groups is 1. The van der Waals surface area contributed by atoms with Crippen molar-refractivity contribution in [2.45, 2.75) is 32.2 Å². The Kier molecular flexibility index (Phi) is 6.82. The van der Waals surface area contributed by atoms with E-state index in [1.54, 1.807) is 0 Å². The summed E-state index contributed by atoms with van der Waals surface area (Å²) in [6, 6.07) is 8.44. The van der Waals surface area contributed by atoms with Crippen LogP contribution in [0.25, 0.3) is 0 Å². The highest BCUT2D eigenvalue weighted by Gasteiger charge is 2.12. The van der Waals surface area contributed by atoms with Crippen molar-refractivity contribution in [1.82, 2.24) is 15.5 Å². The van der Waals surface area contributed by atoms with Gasteiger partial charge in [-0.15, -0.1) is 0 Å². The van der Waals surface area contributed by atoms with Crippen LogP contribution in [0, 0.1) is 0 Å². The highest BCUT2D eigenvalue weighted by Crippen LogP contribution is 2.17. The summed E-state index contributed by atoms with van der Waals surface area (Å²) in [4.78, 5) is 17.4. The van der Waals surface area contributed by atoms with Crippen LogP contribution >= 0.6 is 0 Å². The van der Waals surface area contributed by atoms with Gasteiger partial charge >= 0.3 is 0 Å². The number of piperidine rings is 1. The second-order valence-electron chi connectivity index (χ2n) is 6.67. The van der Waals surface area contributed by atoms with Crippen molar-refractivity contribution in [3.63, 3.8) is 0 Å². The van der Waals surface area contributed by atoms with Crippen molar-refractivity contribution in [3.8, 4) is 5.75 Å². The molecule has 136 valence electrons. The number of ether oxygens (including phenoxy) is 1. The minimum atomic E-state index is -0.0930. The van der Waals surface area contributed by atoms with Crippen molar-refractivity contribution in [2.24, 2.45) is 4.99 Å². The van der Waals surface area contributed by atoms with Gasteiger partial charge in [-0.3, -0.25) is 9.69 Å². The lowest BCUT2D eigenvalue weighted by Crippen LogP contribution is -2.32. The summed E-state index contributed by atoms with van der Waals surface area (Å²) >= 11 is 0. The second-order valence-corrected chi connectivity index (χ2v) is 6.67. The maximum atomic E-state index is 11.0. The lowest BCUT2D eigenvalue weighted by molar-refractivity contribution is -0.116. The summed E-state index contributed by atoms with van der Waals surface area (Å²) in [6.07, 6.45) is 4.92. The molecule has 2 aliphatic heterocycles. The van der Waals surface area contributed by atoms with Crippen LogP contribution in [0.2, 0.25) is 0 Å². The number of hydrogen-bond acceptors (Lipinski definition) is 5. The molecule has 1 fully saturated rings. The van der Waals surface area contributed by atoms with Crippen LogP contribution in [0.1, 0.15) is 31.2 Å². The standard InChI is InChI=1S/C19H28N4O2/c24-19-14-21-18(22-19)13-20-8-5-11-25-17-7-4-6-16(12-17)15-23-9-2-1-3-10-23/h4,6-7,12,20H,1-3,5,8-11,13-15H2,(H,21,22,24). The Hall–Kier alpha value is -1.92. The van der Waals surface area contributed by atoms with E-state index in [0.717, 1.165) is 31.1 Å². The van der Waals surface area contributed by atoms with Crippen LogP contribution < -0.4 is 15.4 Å². The fourth-order valence-corrected chi connectivity index (χ4v) is 3.21. The van der Waals surface area contributed by atoms with Gasteiger partial charge in [-0.1, -0.05) is 18.6 Å². The first-order valence-corrected chi connectivity index (χ1v) is 9.29. The van der Waals surface area contributed by atoms with E-state index in [2.05, 4.69) is 38.7 Å². The third kappa shape index (κ3) is 6.14. The summed E-state index contributed by atoms with van der Waals surface area (Å²) in [7, 11) is 0. The maximum absolute atomic E-state index is 11.0. The van der Waals surface area contributed by atoms with E-state index in [0.29, 0.717) is 19.7 Å². The third-order valence-electron chi connectivity index (χ3n) is 4.52. The molecule has 0 unspecified atom stereocenters. The predicted molar refractivity (Wildman–Crippen MR) is 99.0 cm³/mol. The van der Waals surface area contributed by atoms with Gasteiger partial charge < -0.3 is 15.4 Å². The van der Waals surface area contributed by atoms with Crippen molar-refractivity contribution < 1.29 is 9.53 Å². The number of likely N-dealkylation sites (tertiary alicyclic amines) is 1. The SMILES string of the molecule is O=C1CNC(CNCCCOc2cccc(CN3CCCCC3)c2)=N1. The normalized spacial score (nSPS) is 18.1. The molecule has 1 aromatic carbocycles. The molecular formula is C19H28N4O2. The number of carbonyl (C=O) groups excluding carboxylic acids is 1. The van der Waals surface area contributed by atoms with Gasteiger partial charge in [0.15, 0.2) is 0 Å². The molecule has 0 saturated carbocycles. The topological polar surface area (TPSA) is 66.0 Å². The quantitative estimate of drug-likeness (QED) is 0.666. The molecule has 6 nitrogen and oxygen atoms in total. The molecule has 1 saturated heterocycles. The van der Waals surface area contributed by atoms with Gasteiger partial charge in [-0.05, 0) is 56.6 Å². The molecule has 25 heavy (non-hydrogen) atoms. The smallest absolute Gasteiger partial charge is 0.266 e. The first-order chi connectivity index (χ1) is 12.3. The van der Waals surface area contributed by atoms with E-state index in [9.17, 15) is 4.79 Å². The molecule has 6 heteroatoms. The molecule has 0 spiro atoms. The summed E-state index contributed by atoms with van der Waals surface area (Å²) in [5.74, 6) is 1.59. The molecule has 2 aliphatic rings. The third-order valence-corrected chi connectivity index (χ3v) is 4.52. The average molecular weight is 344 g/mol. The van der Waals surface area contributed by atoms with Crippen molar-refractivity contribution in [1.29, 1.82) is 0 Å². The Balaban J connectivity index is 1.32. The van der Waals surface area contributed by atoms with Crippen LogP contribution in [0.3, 0.4) is 0 Å². The van der Waals surface area contributed by atoms with Crippen LogP contribution in [0.5, 0.6) is 5.75 Å². The van der Waals surface area contributed by atoms with E-state index < -0.39 is 0 Å². The highest BCUT2D eigenvalue weighted by atomic mass is 16.5. The van der Waals surface area contributed by atoms with Crippen molar-refractivity contribution in [2.75, 3.05) is 39.3 Å². The molecule has 2 N–H and O–H groups in total. The molecule has 3 rings (SSSR count). The van der Waals surface area contributed by atoms with Gasteiger partial charge in [-0.2, -0.15) is 4.99 Å². The zero-order valence-corrected chi connectivity index (χ0v) is 14.8. The van der Waals surface area contributed by atoms with E-state index in [1.807, 2.05) is 6.07 Å². The number of nitrogens with one attached hydrogen (secondary N) is 2. The minimum Gasteiger partial charge on any atom is -0.494 e. The van der Waals surface area contributed by atoms with E-state index in [1.165, 1.54) is 37.9 Å². The second kappa shape index (κ2) is 9.53. The molecule has 0 aliphatic carbocycles. The Morgan fingerprint density at radius 2 is 2.12 bits per heavy atom. The first kappa shape index (κ1) is 17.9. The molecule has 1 aromatic rings. The maximum Gasteiger partial charge on any atom is 0.266 e. The number of benzene rings is 1. The molecule has 0 bridgehead atoms. The van der Waals surface area contributed by atoms with Crippen LogP contribution in [-0.4, -0.2) is 56.0 Å². The van der Waals surface area contributed by atoms with Crippen LogP contribution in [-0.2, 0) is 11.3 Å². The van der Waals surface area contributed by atoms with Gasteiger partial charge in [0.2, 0.25) is 0 Å². The number of nitrogens with zero attached hydrogens (tertiary/aromatic N) is 2. The summed E-state index contributed by atoms with van der Waals surface area (Å²) < 4.78 is 5.87. The molecule has 1 amide bonds. The zero-order valence-electron chi connectivity index (χ0n) is 14.8. The number of amides is 1. The lowest BCUT2D eigenvalue weighted by Gasteiger charge is -2.26. The first-order valence-electron chi connectivity index (χ1n) is 9.29.